The van der Waals surface area contributed by atoms with Gasteiger partial charge in [-0.2, -0.15) is 0 Å². The van der Waals surface area contributed by atoms with Crippen molar-refractivity contribution in [3.8, 4) is 11.1 Å². The second kappa shape index (κ2) is 13.5. The molecule has 6 heteroatoms. The van der Waals surface area contributed by atoms with E-state index in [0.29, 0.717) is 37.9 Å². The zero-order chi connectivity index (χ0) is 30.2. The first kappa shape index (κ1) is 29.8. The normalized spacial score (nSPS) is 17.4. The van der Waals surface area contributed by atoms with E-state index in [-0.39, 0.29) is 30.3 Å². The zero-order valence-electron chi connectivity index (χ0n) is 24.8. The first-order valence-electron chi connectivity index (χ1n) is 15.0. The number of hydrogen-bond acceptors (Lipinski definition) is 4. The largest absolute Gasteiger partial charge is 0.465 e. The predicted molar refractivity (Wildman–Crippen MR) is 169 cm³/mol. The van der Waals surface area contributed by atoms with E-state index in [1.807, 2.05) is 117 Å². The summed E-state index contributed by atoms with van der Waals surface area (Å²) in [4.78, 5) is 40.0. The SMILES string of the molecule is CCOC(=O)[C@]1(c2ccccc2)CC[C@@H](C(=O)NCCCNC(=O)c2ccccc2-c2ccc(C)cc2)c2ccccc21. The average molecular weight is 575 g/mol. The molecule has 2 amide bonds. The van der Waals surface area contributed by atoms with Crippen molar-refractivity contribution in [1.29, 1.82) is 0 Å². The van der Waals surface area contributed by atoms with Gasteiger partial charge >= 0.3 is 5.97 Å². The molecule has 0 fully saturated rings. The highest BCUT2D eigenvalue weighted by molar-refractivity contribution is 6.01. The Morgan fingerprint density at radius 1 is 0.814 bits per heavy atom. The summed E-state index contributed by atoms with van der Waals surface area (Å²) in [7, 11) is 0. The van der Waals surface area contributed by atoms with Crippen molar-refractivity contribution in [2.75, 3.05) is 19.7 Å². The van der Waals surface area contributed by atoms with Gasteiger partial charge in [-0.15, -0.1) is 0 Å². The minimum absolute atomic E-state index is 0.0750. The minimum atomic E-state index is -0.955. The number of nitrogens with one attached hydrogen (secondary N) is 2. The molecule has 0 aromatic heterocycles. The molecular weight excluding hydrogens is 536 g/mol. The van der Waals surface area contributed by atoms with E-state index >= 15 is 0 Å². The van der Waals surface area contributed by atoms with Crippen LogP contribution in [0, 0.1) is 6.92 Å². The lowest BCUT2D eigenvalue weighted by molar-refractivity contribution is -0.149. The summed E-state index contributed by atoms with van der Waals surface area (Å²) in [5.74, 6) is -0.875. The van der Waals surface area contributed by atoms with Crippen LogP contribution in [0.5, 0.6) is 0 Å². The van der Waals surface area contributed by atoms with Crippen molar-refractivity contribution < 1.29 is 19.1 Å². The lowest BCUT2D eigenvalue weighted by Gasteiger charge is -2.40. The lowest BCUT2D eigenvalue weighted by Crippen LogP contribution is -2.45. The van der Waals surface area contributed by atoms with Gasteiger partial charge in [0.15, 0.2) is 0 Å². The molecule has 0 aliphatic heterocycles. The van der Waals surface area contributed by atoms with E-state index in [9.17, 15) is 14.4 Å². The Balaban J connectivity index is 1.22. The Morgan fingerprint density at radius 3 is 2.26 bits per heavy atom. The van der Waals surface area contributed by atoms with Crippen LogP contribution < -0.4 is 10.6 Å². The van der Waals surface area contributed by atoms with Crippen LogP contribution in [0.2, 0.25) is 0 Å². The minimum Gasteiger partial charge on any atom is -0.465 e. The fourth-order valence-electron chi connectivity index (χ4n) is 6.11. The fourth-order valence-corrected chi connectivity index (χ4v) is 6.11. The molecular formula is C37H38N2O4. The molecule has 1 aliphatic rings. The average Bonchev–Trinajstić information content (AvgIpc) is 3.04. The summed E-state index contributed by atoms with van der Waals surface area (Å²) in [6.07, 6.45) is 1.58. The number of rotatable bonds is 10. The van der Waals surface area contributed by atoms with Crippen LogP contribution >= 0.6 is 0 Å². The first-order chi connectivity index (χ1) is 21.0. The Kier molecular flexibility index (Phi) is 9.35. The number of carbonyl (C=O) groups is 3. The molecule has 0 spiro atoms. The van der Waals surface area contributed by atoms with Gasteiger partial charge in [-0.05, 0) is 67.0 Å². The molecule has 220 valence electrons. The fraction of sp³-hybridized carbons (Fsp3) is 0.270. The monoisotopic (exact) mass is 574 g/mol. The summed E-state index contributed by atoms with van der Waals surface area (Å²) >= 11 is 0. The molecule has 0 radical (unpaired) electrons. The van der Waals surface area contributed by atoms with E-state index in [2.05, 4.69) is 10.6 Å². The molecule has 0 saturated heterocycles. The zero-order valence-corrected chi connectivity index (χ0v) is 24.8. The molecule has 0 heterocycles. The second-order valence-corrected chi connectivity index (χ2v) is 11.0. The summed E-state index contributed by atoms with van der Waals surface area (Å²) in [5, 5.41) is 6.07. The Labute approximate surface area is 253 Å². The lowest BCUT2D eigenvalue weighted by atomic mass is 9.63. The van der Waals surface area contributed by atoms with Gasteiger partial charge in [0.2, 0.25) is 5.91 Å². The van der Waals surface area contributed by atoms with Crippen LogP contribution in [-0.4, -0.2) is 37.5 Å². The predicted octanol–water partition coefficient (Wildman–Crippen LogP) is 6.32. The van der Waals surface area contributed by atoms with E-state index in [1.54, 1.807) is 0 Å². The molecule has 4 aromatic rings. The molecule has 1 aliphatic carbocycles. The van der Waals surface area contributed by atoms with Crippen LogP contribution in [0.25, 0.3) is 11.1 Å². The maximum absolute atomic E-state index is 13.5. The molecule has 2 N–H and O–H groups in total. The maximum atomic E-state index is 13.5. The Bertz CT molecular complexity index is 1580. The van der Waals surface area contributed by atoms with E-state index in [4.69, 9.17) is 4.74 Å². The van der Waals surface area contributed by atoms with Gasteiger partial charge in [0.1, 0.15) is 5.41 Å². The van der Waals surface area contributed by atoms with Gasteiger partial charge in [0.25, 0.3) is 5.91 Å². The van der Waals surface area contributed by atoms with Crippen molar-refractivity contribution in [3.05, 3.63) is 131 Å². The topological polar surface area (TPSA) is 84.5 Å². The van der Waals surface area contributed by atoms with Crippen molar-refractivity contribution in [3.63, 3.8) is 0 Å². The quantitative estimate of drug-likeness (QED) is 0.171. The van der Waals surface area contributed by atoms with E-state index < -0.39 is 5.41 Å². The highest BCUT2D eigenvalue weighted by atomic mass is 16.5. The standard InChI is InChI=1S/C37H38N2O4/c1-3-43-36(42)37(28-12-5-4-6-13-28)23-22-32(30-15-9-10-17-33(30)37)35(41)39-25-11-24-38-34(40)31-16-8-7-14-29(31)27-20-18-26(2)19-21-27/h4-10,12-21,32H,3,11,22-25H2,1-2H3,(H,38,40)(H,39,41)/t32-,37+/m1/s1. The number of aryl methyl sites for hydroxylation is 1. The third kappa shape index (κ3) is 6.24. The van der Waals surface area contributed by atoms with Gasteiger partial charge in [0.05, 0.1) is 12.5 Å². The van der Waals surface area contributed by atoms with Crippen LogP contribution in [0.4, 0.5) is 0 Å². The van der Waals surface area contributed by atoms with Gasteiger partial charge in [-0.1, -0.05) is 103 Å². The van der Waals surface area contributed by atoms with Gasteiger partial charge in [-0.3, -0.25) is 14.4 Å². The summed E-state index contributed by atoms with van der Waals surface area (Å²) in [6.45, 7) is 5.00. The highest BCUT2D eigenvalue weighted by Gasteiger charge is 2.49. The molecule has 4 aromatic carbocycles. The molecule has 5 rings (SSSR count). The molecule has 43 heavy (non-hydrogen) atoms. The summed E-state index contributed by atoms with van der Waals surface area (Å²) in [6, 6.07) is 33.1. The number of ether oxygens (including phenoxy) is 1. The molecule has 0 unspecified atom stereocenters. The number of hydrogen-bond donors (Lipinski definition) is 2. The molecule has 2 atom stereocenters. The van der Waals surface area contributed by atoms with E-state index in [1.165, 1.54) is 5.56 Å². The maximum Gasteiger partial charge on any atom is 0.321 e. The number of amides is 2. The van der Waals surface area contributed by atoms with Crippen molar-refractivity contribution in [2.45, 2.75) is 44.4 Å². The van der Waals surface area contributed by atoms with Crippen molar-refractivity contribution >= 4 is 17.8 Å². The van der Waals surface area contributed by atoms with Crippen LogP contribution in [0.1, 0.15) is 64.7 Å². The van der Waals surface area contributed by atoms with Crippen LogP contribution in [0.15, 0.2) is 103 Å². The van der Waals surface area contributed by atoms with Crippen LogP contribution in [-0.2, 0) is 19.7 Å². The van der Waals surface area contributed by atoms with E-state index in [0.717, 1.165) is 27.8 Å². The third-order valence-corrected chi connectivity index (χ3v) is 8.28. The molecule has 0 bridgehead atoms. The second-order valence-electron chi connectivity index (χ2n) is 11.0. The highest BCUT2D eigenvalue weighted by Crippen LogP contribution is 2.47. The smallest absolute Gasteiger partial charge is 0.321 e. The first-order valence-corrected chi connectivity index (χ1v) is 15.0. The van der Waals surface area contributed by atoms with Crippen molar-refractivity contribution in [2.24, 2.45) is 0 Å². The van der Waals surface area contributed by atoms with Crippen LogP contribution in [0.3, 0.4) is 0 Å². The Morgan fingerprint density at radius 2 is 1.49 bits per heavy atom. The van der Waals surface area contributed by atoms with Crippen molar-refractivity contribution in [1.82, 2.24) is 10.6 Å². The number of carbonyl (C=O) groups excluding carboxylic acids is 3. The number of benzene rings is 4. The number of fused-ring (bicyclic) bond motifs is 1. The third-order valence-electron chi connectivity index (χ3n) is 8.28. The molecule has 0 saturated carbocycles. The summed E-state index contributed by atoms with van der Waals surface area (Å²) in [5.41, 5.74) is 5.27. The van der Waals surface area contributed by atoms with Gasteiger partial charge in [0, 0.05) is 18.7 Å². The number of esters is 1. The van der Waals surface area contributed by atoms with Gasteiger partial charge < -0.3 is 15.4 Å². The Hall–Kier alpha value is -4.71. The van der Waals surface area contributed by atoms with Gasteiger partial charge in [-0.25, -0.2) is 0 Å². The molecule has 6 nitrogen and oxygen atoms in total. The summed E-state index contributed by atoms with van der Waals surface area (Å²) < 4.78 is 5.60.